The van der Waals surface area contributed by atoms with E-state index >= 15 is 0 Å². The monoisotopic (exact) mass is 277 g/mol. The Balaban J connectivity index is 1.89. The fourth-order valence-electron chi connectivity index (χ4n) is 3.59. The van der Waals surface area contributed by atoms with Crippen LogP contribution in [-0.4, -0.2) is 6.04 Å². The van der Waals surface area contributed by atoms with E-state index in [1.165, 1.54) is 44.6 Å². The minimum Gasteiger partial charge on any atom is -0.327 e. The Labute approximate surface area is 122 Å². The summed E-state index contributed by atoms with van der Waals surface area (Å²) in [5.74, 6) is 1.38. The average Bonchev–Trinajstić information content (AvgIpc) is 2.44. The molecule has 0 aliphatic heterocycles. The molecule has 1 atom stereocenters. The number of aryl methyl sites for hydroxylation is 1. The Bertz CT molecular complexity index is 421. The predicted octanol–water partition coefficient (Wildman–Crippen LogP) is 4.61. The first-order chi connectivity index (χ1) is 9.60. The van der Waals surface area contributed by atoms with Gasteiger partial charge in [0.1, 0.15) is 5.82 Å². The molecule has 0 saturated heterocycles. The molecule has 1 aliphatic rings. The van der Waals surface area contributed by atoms with Crippen molar-refractivity contribution in [3.8, 4) is 0 Å². The molecule has 1 aromatic carbocycles. The number of benzene rings is 1. The average molecular weight is 277 g/mol. The molecular weight excluding hydrogens is 249 g/mol. The number of nitrogens with two attached hydrogens (primary N) is 1. The molecule has 112 valence electrons. The Kier molecular flexibility index (Phi) is 5.59. The molecular formula is C18H28FN. The first-order valence-electron chi connectivity index (χ1n) is 8.10. The van der Waals surface area contributed by atoms with Crippen LogP contribution in [0, 0.1) is 24.6 Å². The Morgan fingerprint density at radius 3 is 2.60 bits per heavy atom. The molecule has 1 aromatic rings. The fourth-order valence-corrected chi connectivity index (χ4v) is 3.59. The van der Waals surface area contributed by atoms with Crippen molar-refractivity contribution in [3.63, 3.8) is 0 Å². The molecule has 0 radical (unpaired) electrons. The van der Waals surface area contributed by atoms with E-state index < -0.39 is 0 Å². The van der Waals surface area contributed by atoms with E-state index in [9.17, 15) is 4.39 Å². The molecule has 0 aromatic heterocycles. The van der Waals surface area contributed by atoms with Crippen molar-refractivity contribution in [3.05, 3.63) is 35.1 Å². The highest BCUT2D eigenvalue weighted by Crippen LogP contribution is 2.33. The molecule has 0 heterocycles. The highest BCUT2D eigenvalue weighted by Gasteiger charge is 2.25. The van der Waals surface area contributed by atoms with Gasteiger partial charge in [0.25, 0.3) is 0 Å². The van der Waals surface area contributed by atoms with E-state index in [1.54, 1.807) is 6.07 Å². The summed E-state index contributed by atoms with van der Waals surface area (Å²) in [5.41, 5.74) is 8.63. The summed E-state index contributed by atoms with van der Waals surface area (Å²) in [5, 5.41) is 0. The molecule has 2 N–H and O–H groups in total. The van der Waals surface area contributed by atoms with Crippen molar-refractivity contribution in [2.24, 2.45) is 17.6 Å². The van der Waals surface area contributed by atoms with Gasteiger partial charge in [0.2, 0.25) is 0 Å². The zero-order chi connectivity index (χ0) is 14.5. The van der Waals surface area contributed by atoms with Crippen molar-refractivity contribution in [1.82, 2.24) is 0 Å². The maximum atomic E-state index is 13.3. The minimum atomic E-state index is -0.149. The third-order valence-corrected chi connectivity index (χ3v) is 4.96. The van der Waals surface area contributed by atoms with Crippen LogP contribution in [0.5, 0.6) is 0 Å². The van der Waals surface area contributed by atoms with Crippen LogP contribution in [0.2, 0.25) is 0 Å². The number of halogens is 1. The standard InChI is InChI=1S/C18H28FN/c1-3-4-14-6-8-15(9-7-14)18(20)12-16-11-17(19)10-5-13(16)2/h5,10-11,14-15,18H,3-4,6-9,12,20H2,1-2H3. The molecule has 1 nitrogen and oxygen atoms in total. The van der Waals surface area contributed by atoms with E-state index in [1.807, 2.05) is 13.0 Å². The van der Waals surface area contributed by atoms with E-state index in [-0.39, 0.29) is 11.9 Å². The summed E-state index contributed by atoms with van der Waals surface area (Å²) in [6.07, 6.45) is 8.63. The summed E-state index contributed by atoms with van der Waals surface area (Å²) >= 11 is 0. The zero-order valence-electron chi connectivity index (χ0n) is 12.9. The van der Waals surface area contributed by atoms with E-state index in [0.717, 1.165) is 23.5 Å². The summed E-state index contributed by atoms with van der Waals surface area (Å²) in [6, 6.07) is 5.21. The lowest BCUT2D eigenvalue weighted by molar-refractivity contribution is 0.232. The van der Waals surface area contributed by atoms with Crippen molar-refractivity contribution in [2.75, 3.05) is 0 Å². The molecule has 1 aliphatic carbocycles. The minimum absolute atomic E-state index is 0.149. The Morgan fingerprint density at radius 2 is 1.95 bits per heavy atom. The molecule has 0 bridgehead atoms. The highest BCUT2D eigenvalue weighted by molar-refractivity contribution is 5.27. The third-order valence-electron chi connectivity index (χ3n) is 4.96. The summed E-state index contributed by atoms with van der Waals surface area (Å²) < 4.78 is 13.3. The quantitative estimate of drug-likeness (QED) is 0.835. The molecule has 1 saturated carbocycles. The van der Waals surface area contributed by atoms with E-state index in [2.05, 4.69) is 6.92 Å². The molecule has 2 heteroatoms. The van der Waals surface area contributed by atoms with Crippen LogP contribution >= 0.6 is 0 Å². The lowest BCUT2D eigenvalue weighted by Gasteiger charge is -2.32. The van der Waals surface area contributed by atoms with Gasteiger partial charge in [-0.3, -0.25) is 0 Å². The molecule has 0 amide bonds. The van der Waals surface area contributed by atoms with Gasteiger partial charge in [-0.05, 0) is 61.3 Å². The largest absolute Gasteiger partial charge is 0.327 e. The normalized spacial score (nSPS) is 24.6. The Morgan fingerprint density at radius 1 is 1.25 bits per heavy atom. The smallest absolute Gasteiger partial charge is 0.123 e. The fraction of sp³-hybridized carbons (Fsp3) is 0.667. The molecule has 1 unspecified atom stereocenters. The van der Waals surface area contributed by atoms with Crippen LogP contribution < -0.4 is 5.73 Å². The van der Waals surface area contributed by atoms with Gasteiger partial charge in [0, 0.05) is 6.04 Å². The lowest BCUT2D eigenvalue weighted by Crippen LogP contribution is -2.35. The van der Waals surface area contributed by atoms with E-state index in [4.69, 9.17) is 5.73 Å². The van der Waals surface area contributed by atoms with Gasteiger partial charge in [-0.25, -0.2) is 4.39 Å². The first-order valence-corrected chi connectivity index (χ1v) is 8.10. The van der Waals surface area contributed by atoms with Crippen molar-refractivity contribution in [2.45, 2.75) is 64.8 Å². The van der Waals surface area contributed by atoms with Crippen molar-refractivity contribution < 1.29 is 4.39 Å². The Hall–Kier alpha value is -0.890. The second-order valence-electron chi connectivity index (χ2n) is 6.51. The maximum absolute atomic E-state index is 13.3. The van der Waals surface area contributed by atoms with Gasteiger partial charge in [0.15, 0.2) is 0 Å². The van der Waals surface area contributed by atoms with Crippen LogP contribution in [-0.2, 0) is 6.42 Å². The molecule has 20 heavy (non-hydrogen) atoms. The van der Waals surface area contributed by atoms with Gasteiger partial charge in [-0.2, -0.15) is 0 Å². The second kappa shape index (κ2) is 7.21. The van der Waals surface area contributed by atoms with Gasteiger partial charge >= 0.3 is 0 Å². The van der Waals surface area contributed by atoms with Crippen LogP contribution in [0.25, 0.3) is 0 Å². The predicted molar refractivity (Wildman–Crippen MR) is 83.2 cm³/mol. The van der Waals surface area contributed by atoms with Crippen LogP contribution in [0.15, 0.2) is 18.2 Å². The van der Waals surface area contributed by atoms with Crippen LogP contribution in [0.1, 0.15) is 56.6 Å². The first kappa shape index (κ1) is 15.5. The van der Waals surface area contributed by atoms with Gasteiger partial charge < -0.3 is 5.73 Å². The van der Waals surface area contributed by atoms with Crippen molar-refractivity contribution >= 4 is 0 Å². The highest BCUT2D eigenvalue weighted by atomic mass is 19.1. The molecule has 1 fully saturated rings. The topological polar surface area (TPSA) is 26.0 Å². The molecule has 2 rings (SSSR count). The third kappa shape index (κ3) is 4.05. The van der Waals surface area contributed by atoms with Gasteiger partial charge in [-0.15, -0.1) is 0 Å². The summed E-state index contributed by atoms with van der Waals surface area (Å²) in [4.78, 5) is 0. The maximum Gasteiger partial charge on any atom is 0.123 e. The van der Waals surface area contributed by atoms with Crippen molar-refractivity contribution in [1.29, 1.82) is 0 Å². The lowest BCUT2D eigenvalue weighted by atomic mass is 9.76. The van der Waals surface area contributed by atoms with E-state index in [0.29, 0.717) is 5.92 Å². The van der Waals surface area contributed by atoms with Crippen LogP contribution in [0.3, 0.4) is 0 Å². The second-order valence-corrected chi connectivity index (χ2v) is 6.51. The number of hydrogen-bond donors (Lipinski definition) is 1. The van der Waals surface area contributed by atoms with Gasteiger partial charge in [-0.1, -0.05) is 38.7 Å². The molecule has 0 spiro atoms. The summed E-state index contributed by atoms with van der Waals surface area (Å²) in [6.45, 7) is 4.31. The summed E-state index contributed by atoms with van der Waals surface area (Å²) in [7, 11) is 0. The van der Waals surface area contributed by atoms with Gasteiger partial charge in [0.05, 0.1) is 0 Å². The van der Waals surface area contributed by atoms with Crippen LogP contribution in [0.4, 0.5) is 4.39 Å². The SMILES string of the molecule is CCCC1CCC(C(N)Cc2cc(F)ccc2C)CC1. The number of rotatable bonds is 5. The number of hydrogen-bond acceptors (Lipinski definition) is 1. The zero-order valence-corrected chi connectivity index (χ0v) is 12.9.